The van der Waals surface area contributed by atoms with Crippen molar-refractivity contribution in [3.05, 3.63) is 40.8 Å². The Hall–Kier alpha value is -2.25. The maximum atomic E-state index is 12.5. The fourth-order valence-electron chi connectivity index (χ4n) is 2.42. The van der Waals surface area contributed by atoms with Crippen molar-refractivity contribution in [2.24, 2.45) is 5.92 Å². The molecule has 0 spiro atoms. The lowest BCUT2D eigenvalue weighted by molar-refractivity contribution is -0.117. The molecule has 5 nitrogen and oxygen atoms in total. The molecule has 122 valence electrons. The highest BCUT2D eigenvalue weighted by molar-refractivity contribution is 7.22. The van der Waals surface area contributed by atoms with Gasteiger partial charge in [0.1, 0.15) is 0 Å². The zero-order valence-electron chi connectivity index (χ0n) is 13.0. The molecule has 1 aliphatic carbocycles. The van der Waals surface area contributed by atoms with Crippen LogP contribution in [-0.4, -0.2) is 16.8 Å². The maximum Gasteiger partial charge on any atom is 0.267 e. The van der Waals surface area contributed by atoms with E-state index in [4.69, 9.17) is 0 Å². The molecule has 1 aromatic carbocycles. The van der Waals surface area contributed by atoms with Gasteiger partial charge < -0.3 is 5.32 Å². The summed E-state index contributed by atoms with van der Waals surface area (Å²) in [6.45, 7) is 1.87. The third-order valence-corrected chi connectivity index (χ3v) is 5.94. The topological polar surface area (TPSA) is 71.1 Å². The number of hydrogen-bond acceptors (Lipinski definition) is 5. The quantitative estimate of drug-likeness (QED) is 0.732. The first-order valence-corrected chi connectivity index (χ1v) is 9.31. The van der Waals surface area contributed by atoms with Gasteiger partial charge in [0, 0.05) is 5.92 Å². The van der Waals surface area contributed by atoms with Crippen LogP contribution in [0, 0.1) is 12.8 Å². The van der Waals surface area contributed by atoms with Crippen LogP contribution >= 0.6 is 22.7 Å². The number of hydrogen-bond donors (Lipinski definition) is 2. The Labute approximate surface area is 146 Å². The second-order valence-electron chi connectivity index (χ2n) is 5.83. The van der Waals surface area contributed by atoms with Gasteiger partial charge in [-0.2, -0.15) is 0 Å². The van der Waals surface area contributed by atoms with E-state index in [-0.39, 0.29) is 17.7 Å². The summed E-state index contributed by atoms with van der Waals surface area (Å²) in [6, 6.07) is 9.61. The van der Waals surface area contributed by atoms with Gasteiger partial charge in [0.15, 0.2) is 5.13 Å². The molecule has 1 aliphatic rings. The zero-order chi connectivity index (χ0) is 16.7. The Morgan fingerprint density at radius 1 is 1.17 bits per heavy atom. The molecule has 2 N–H and O–H groups in total. The van der Waals surface area contributed by atoms with E-state index in [0.717, 1.165) is 33.6 Å². The second kappa shape index (κ2) is 5.99. The second-order valence-corrected chi connectivity index (χ2v) is 7.91. The van der Waals surface area contributed by atoms with Gasteiger partial charge in [-0.15, -0.1) is 11.3 Å². The summed E-state index contributed by atoms with van der Waals surface area (Å²) >= 11 is 2.75. The predicted octanol–water partition coefficient (Wildman–Crippen LogP) is 4.27. The Morgan fingerprint density at radius 3 is 2.71 bits per heavy atom. The van der Waals surface area contributed by atoms with E-state index >= 15 is 0 Å². The largest absolute Gasteiger partial charge is 0.317 e. The number of aryl methyl sites for hydroxylation is 1. The van der Waals surface area contributed by atoms with Gasteiger partial charge in [0.05, 0.1) is 20.1 Å². The average Bonchev–Trinajstić information content (AvgIpc) is 3.23. The van der Waals surface area contributed by atoms with E-state index in [1.54, 1.807) is 0 Å². The monoisotopic (exact) mass is 357 g/mol. The molecule has 0 aliphatic heterocycles. The molecule has 2 aromatic heterocycles. The third kappa shape index (κ3) is 3.05. The summed E-state index contributed by atoms with van der Waals surface area (Å²) in [5, 5.41) is 7.05. The van der Waals surface area contributed by atoms with Gasteiger partial charge in [-0.3, -0.25) is 14.9 Å². The molecular weight excluding hydrogens is 342 g/mol. The molecule has 2 heterocycles. The van der Waals surface area contributed by atoms with Crippen LogP contribution in [0.3, 0.4) is 0 Å². The fourth-order valence-corrected chi connectivity index (χ4v) is 4.25. The van der Waals surface area contributed by atoms with Gasteiger partial charge in [-0.05, 0) is 43.5 Å². The van der Waals surface area contributed by atoms with E-state index < -0.39 is 0 Å². The Balaban J connectivity index is 1.51. The molecule has 3 aromatic rings. The summed E-state index contributed by atoms with van der Waals surface area (Å²) in [5.74, 6) is 0.00490. The number of anilines is 2. The minimum Gasteiger partial charge on any atom is -0.317 e. The molecule has 0 bridgehead atoms. The van der Waals surface area contributed by atoms with Crippen LogP contribution in [0.1, 0.15) is 28.1 Å². The number of aromatic nitrogens is 1. The van der Waals surface area contributed by atoms with Crippen molar-refractivity contribution >= 4 is 54.8 Å². The van der Waals surface area contributed by atoms with Gasteiger partial charge in [-0.1, -0.05) is 23.5 Å². The minimum atomic E-state index is -0.191. The van der Waals surface area contributed by atoms with E-state index in [1.807, 2.05) is 37.3 Å². The summed E-state index contributed by atoms with van der Waals surface area (Å²) in [4.78, 5) is 29.4. The van der Waals surface area contributed by atoms with Crippen molar-refractivity contribution in [3.8, 4) is 0 Å². The SMILES string of the molecule is Cc1cc(NC(=O)C2CC2)sc1C(=O)Nc1nc2ccccc2s1. The number of carbonyl (C=O) groups excluding carboxylic acids is 2. The van der Waals surface area contributed by atoms with Crippen LogP contribution in [0.2, 0.25) is 0 Å². The molecule has 1 saturated carbocycles. The summed E-state index contributed by atoms with van der Waals surface area (Å²) < 4.78 is 1.04. The van der Waals surface area contributed by atoms with E-state index in [2.05, 4.69) is 15.6 Å². The number of thiophene rings is 1. The normalized spacial score (nSPS) is 13.9. The lowest BCUT2D eigenvalue weighted by Crippen LogP contribution is -2.12. The first-order valence-electron chi connectivity index (χ1n) is 7.68. The third-order valence-electron chi connectivity index (χ3n) is 3.83. The van der Waals surface area contributed by atoms with Gasteiger partial charge in [0.25, 0.3) is 5.91 Å². The Morgan fingerprint density at radius 2 is 1.96 bits per heavy atom. The van der Waals surface area contributed by atoms with E-state index in [1.165, 1.54) is 22.7 Å². The highest BCUT2D eigenvalue weighted by Crippen LogP contribution is 2.33. The zero-order valence-corrected chi connectivity index (χ0v) is 14.6. The summed E-state index contributed by atoms with van der Waals surface area (Å²) in [7, 11) is 0. The van der Waals surface area contributed by atoms with Crippen molar-refractivity contribution in [2.45, 2.75) is 19.8 Å². The predicted molar refractivity (Wildman–Crippen MR) is 98.0 cm³/mol. The fraction of sp³-hybridized carbons (Fsp3) is 0.235. The van der Waals surface area contributed by atoms with Crippen molar-refractivity contribution in [1.29, 1.82) is 0 Å². The van der Waals surface area contributed by atoms with Crippen LogP contribution in [0.15, 0.2) is 30.3 Å². The number of nitrogens with zero attached hydrogens (tertiary/aromatic N) is 1. The van der Waals surface area contributed by atoms with Crippen LogP contribution in [0.5, 0.6) is 0 Å². The van der Waals surface area contributed by atoms with Crippen LogP contribution in [0.25, 0.3) is 10.2 Å². The molecule has 4 rings (SSSR count). The number of benzene rings is 1. The standard InChI is InChI=1S/C17H15N3O2S2/c1-9-8-13(19-15(21)10-6-7-10)24-14(9)16(22)20-17-18-11-4-2-3-5-12(11)23-17/h2-5,8,10H,6-7H2,1H3,(H,19,21)(H,18,20,22). The van der Waals surface area contributed by atoms with Crippen molar-refractivity contribution in [3.63, 3.8) is 0 Å². The molecule has 24 heavy (non-hydrogen) atoms. The van der Waals surface area contributed by atoms with E-state index in [0.29, 0.717) is 10.0 Å². The molecule has 0 saturated heterocycles. The average molecular weight is 357 g/mol. The van der Waals surface area contributed by atoms with Gasteiger partial charge >= 0.3 is 0 Å². The molecule has 1 fully saturated rings. The highest BCUT2D eigenvalue weighted by Gasteiger charge is 2.30. The molecule has 0 atom stereocenters. The number of para-hydroxylation sites is 1. The number of fused-ring (bicyclic) bond motifs is 1. The van der Waals surface area contributed by atoms with Crippen LogP contribution in [0.4, 0.5) is 10.1 Å². The molecule has 0 radical (unpaired) electrons. The number of carbonyl (C=O) groups is 2. The molecule has 0 unspecified atom stereocenters. The van der Waals surface area contributed by atoms with Crippen molar-refractivity contribution in [1.82, 2.24) is 4.98 Å². The minimum absolute atomic E-state index is 0.0504. The first-order chi connectivity index (χ1) is 11.6. The number of rotatable bonds is 4. The van der Waals surface area contributed by atoms with Crippen molar-refractivity contribution in [2.75, 3.05) is 10.6 Å². The number of thiazole rings is 1. The smallest absolute Gasteiger partial charge is 0.267 e. The highest BCUT2D eigenvalue weighted by atomic mass is 32.1. The van der Waals surface area contributed by atoms with E-state index in [9.17, 15) is 9.59 Å². The van der Waals surface area contributed by atoms with Crippen LogP contribution < -0.4 is 10.6 Å². The maximum absolute atomic E-state index is 12.5. The van der Waals surface area contributed by atoms with Crippen molar-refractivity contribution < 1.29 is 9.59 Å². The van der Waals surface area contributed by atoms with Crippen LogP contribution in [-0.2, 0) is 4.79 Å². The molecular formula is C17H15N3O2S2. The lowest BCUT2D eigenvalue weighted by Gasteiger charge is -2.00. The number of nitrogens with one attached hydrogen (secondary N) is 2. The Bertz CT molecular complexity index is 907. The van der Waals surface area contributed by atoms with Gasteiger partial charge in [0.2, 0.25) is 5.91 Å². The summed E-state index contributed by atoms with van der Waals surface area (Å²) in [5.41, 5.74) is 1.72. The lowest BCUT2D eigenvalue weighted by atomic mass is 10.3. The summed E-state index contributed by atoms with van der Waals surface area (Å²) in [6.07, 6.45) is 1.92. The molecule has 2 amide bonds. The molecule has 7 heteroatoms. The number of amides is 2. The Kier molecular flexibility index (Phi) is 3.82. The first kappa shape index (κ1) is 15.3. The van der Waals surface area contributed by atoms with Gasteiger partial charge in [-0.25, -0.2) is 4.98 Å².